The SMILES string of the molecule is CCC(C)OC(=O)c1c(NC(=O)Cn2nc(C)cc2C(F)(F)F)sc2c1CCCC2. The first-order valence-electron chi connectivity index (χ1n) is 9.87. The van der Waals surface area contributed by atoms with Crippen LogP contribution in [-0.4, -0.2) is 27.8 Å². The highest BCUT2D eigenvalue weighted by Gasteiger charge is 2.36. The highest BCUT2D eigenvalue weighted by molar-refractivity contribution is 7.17. The second kappa shape index (κ2) is 8.79. The molecule has 0 saturated heterocycles. The van der Waals surface area contributed by atoms with Crippen molar-refractivity contribution < 1.29 is 27.5 Å². The van der Waals surface area contributed by atoms with Crippen LogP contribution in [0.25, 0.3) is 0 Å². The van der Waals surface area contributed by atoms with Gasteiger partial charge in [-0.25, -0.2) is 4.79 Å². The molecule has 0 bridgehead atoms. The number of thiophene rings is 1. The standard InChI is InChI=1S/C20H24F3N3O3S/c1-4-12(3)29-19(28)17-13-7-5-6-8-14(13)30-18(17)24-16(27)10-26-15(20(21,22)23)9-11(2)25-26/h9,12H,4-8,10H2,1-3H3,(H,24,27). The molecule has 164 valence electrons. The topological polar surface area (TPSA) is 73.2 Å². The molecule has 1 N–H and O–H groups in total. The van der Waals surface area contributed by atoms with Crippen LogP contribution in [0, 0.1) is 6.92 Å². The monoisotopic (exact) mass is 443 g/mol. The van der Waals surface area contributed by atoms with Crippen LogP contribution in [0.2, 0.25) is 0 Å². The van der Waals surface area contributed by atoms with Gasteiger partial charge in [-0.2, -0.15) is 18.3 Å². The van der Waals surface area contributed by atoms with Gasteiger partial charge in [-0.1, -0.05) is 6.92 Å². The summed E-state index contributed by atoms with van der Waals surface area (Å²) in [5.74, 6) is -1.19. The maximum absolute atomic E-state index is 13.2. The molecule has 2 aromatic heterocycles. The van der Waals surface area contributed by atoms with Crippen molar-refractivity contribution in [3.8, 4) is 0 Å². The van der Waals surface area contributed by atoms with Crippen molar-refractivity contribution in [3.63, 3.8) is 0 Å². The lowest BCUT2D eigenvalue weighted by Gasteiger charge is -2.15. The van der Waals surface area contributed by atoms with Gasteiger partial charge in [0.05, 0.1) is 17.4 Å². The molecule has 0 aliphatic heterocycles. The summed E-state index contributed by atoms with van der Waals surface area (Å²) < 4.78 is 45.6. The molecule has 0 aromatic carbocycles. The second-order valence-corrected chi connectivity index (χ2v) is 8.52. The Kier molecular flexibility index (Phi) is 6.54. The molecule has 3 rings (SSSR count). The Balaban J connectivity index is 1.85. The van der Waals surface area contributed by atoms with Gasteiger partial charge in [-0.3, -0.25) is 9.48 Å². The number of fused-ring (bicyclic) bond motifs is 1. The zero-order valence-electron chi connectivity index (χ0n) is 17.1. The van der Waals surface area contributed by atoms with Gasteiger partial charge in [0.25, 0.3) is 0 Å². The molecular weight excluding hydrogens is 419 g/mol. The van der Waals surface area contributed by atoms with Crippen molar-refractivity contribution >= 4 is 28.2 Å². The van der Waals surface area contributed by atoms with E-state index in [0.717, 1.165) is 35.8 Å². The highest BCUT2D eigenvalue weighted by atomic mass is 32.1. The number of hydrogen-bond acceptors (Lipinski definition) is 5. The van der Waals surface area contributed by atoms with Crippen molar-refractivity contribution in [2.75, 3.05) is 5.32 Å². The third-order valence-corrected chi connectivity index (χ3v) is 6.20. The molecule has 0 fully saturated rings. The normalized spacial score (nSPS) is 14.9. The van der Waals surface area contributed by atoms with Gasteiger partial charge in [-0.15, -0.1) is 11.3 Å². The van der Waals surface area contributed by atoms with Gasteiger partial charge in [0.15, 0.2) is 0 Å². The number of amides is 1. The van der Waals surface area contributed by atoms with E-state index in [4.69, 9.17) is 4.74 Å². The second-order valence-electron chi connectivity index (χ2n) is 7.41. The summed E-state index contributed by atoms with van der Waals surface area (Å²) in [6.07, 6.45) is -0.807. The third-order valence-electron chi connectivity index (χ3n) is 5.00. The number of esters is 1. The Bertz CT molecular complexity index is 949. The minimum absolute atomic E-state index is 0.166. The minimum Gasteiger partial charge on any atom is -0.459 e. The zero-order chi connectivity index (χ0) is 22.1. The van der Waals surface area contributed by atoms with Crippen molar-refractivity contribution in [2.45, 2.75) is 71.7 Å². The van der Waals surface area contributed by atoms with E-state index < -0.39 is 30.3 Å². The van der Waals surface area contributed by atoms with Crippen molar-refractivity contribution in [2.24, 2.45) is 0 Å². The molecule has 0 spiro atoms. The fraction of sp³-hybridized carbons (Fsp3) is 0.550. The average Bonchev–Trinajstić information content (AvgIpc) is 3.20. The summed E-state index contributed by atoms with van der Waals surface area (Å²) in [6.45, 7) is 4.51. The molecule has 1 atom stereocenters. The highest BCUT2D eigenvalue weighted by Crippen LogP contribution is 2.39. The number of rotatable bonds is 6. The van der Waals surface area contributed by atoms with Gasteiger partial charge in [-0.05, 0) is 57.6 Å². The van der Waals surface area contributed by atoms with Crippen LogP contribution in [0.15, 0.2) is 6.07 Å². The zero-order valence-corrected chi connectivity index (χ0v) is 17.9. The van der Waals surface area contributed by atoms with Crippen molar-refractivity contribution in [1.82, 2.24) is 9.78 Å². The maximum Gasteiger partial charge on any atom is 0.433 e. The number of ether oxygens (including phenoxy) is 1. The number of aryl methyl sites for hydroxylation is 2. The third kappa shape index (κ3) is 4.85. The molecular formula is C20H24F3N3O3S. The number of nitrogens with one attached hydrogen (secondary N) is 1. The lowest BCUT2D eigenvalue weighted by atomic mass is 9.95. The molecule has 6 nitrogen and oxygen atoms in total. The minimum atomic E-state index is -4.62. The Labute approximate surface area is 176 Å². The van der Waals surface area contributed by atoms with Crippen molar-refractivity contribution in [1.29, 1.82) is 0 Å². The number of hydrogen-bond donors (Lipinski definition) is 1. The largest absolute Gasteiger partial charge is 0.459 e. The first-order valence-corrected chi connectivity index (χ1v) is 10.7. The number of halogens is 3. The van der Waals surface area contributed by atoms with Crippen LogP contribution < -0.4 is 5.32 Å². The van der Waals surface area contributed by atoms with Crippen LogP contribution in [0.3, 0.4) is 0 Å². The van der Waals surface area contributed by atoms with Crippen LogP contribution in [0.4, 0.5) is 18.2 Å². The van der Waals surface area contributed by atoms with Crippen LogP contribution in [0.1, 0.15) is 65.3 Å². The van der Waals surface area contributed by atoms with Gasteiger partial charge >= 0.3 is 12.1 Å². The maximum atomic E-state index is 13.2. The summed E-state index contributed by atoms with van der Waals surface area (Å²) in [7, 11) is 0. The predicted molar refractivity (Wildman–Crippen MR) is 107 cm³/mol. The molecule has 30 heavy (non-hydrogen) atoms. The smallest absolute Gasteiger partial charge is 0.433 e. The van der Waals surface area contributed by atoms with Gasteiger partial charge in [0.2, 0.25) is 5.91 Å². The van der Waals surface area contributed by atoms with Gasteiger partial charge in [0.1, 0.15) is 17.2 Å². The van der Waals surface area contributed by atoms with E-state index in [2.05, 4.69) is 10.4 Å². The lowest BCUT2D eigenvalue weighted by molar-refractivity contribution is -0.144. The van der Waals surface area contributed by atoms with Gasteiger partial charge < -0.3 is 10.1 Å². The quantitative estimate of drug-likeness (QED) is 0.655. The number of anilines is 1. The summed E-state index contributed by atoms with van der Waals surface area (Å²) in [6, 6.07) is 0.895. The van der Waals surface area contributed by atoms with Crippen LogP contribution in [0.5, 0.6) is 0 Å². The number of aromatic nitrogens is 2. The molecule has 1 aliphatic rings. The van der Waals surface area contributed by atoms with E-state index in [1.165, 1.54) is 18.3 Å². The van der Waals surface area contributed by atoms with Crippen LogP contribution in [-0.2, 0) is 35.1 Å². The number of alkyl halides is 3. The number of nitrogens with zero attached hydrogens (tertiary/aromatic N) is 2. The summed E-state index contributed by atoms with van der Waals surface area (Å²) in [4.78, 5) is 26.3. The van der Waals surface area contributed by atoms with E-state index in [0.29, 0.717) is 28.1 Å². The number of carbonyl (C=O) groups is 2. The molecule has 1 aliphatic carbocycles. The molecule has 10 heteroatoms. The predicted octanol–water partition coefficient (Wildman–Crippen LogP) is 4.74. The molecule has 1 unspecified atom stereocenters. The van der Waals surface area contributed by atoms with E-state index in [9.17, 15) is 22.8 Å². The van der Waals surface area contributed by atoms with E-state index in [1.807, 2.05) is 6.92 Å². The Morgan fingerprint density at radius 1 is 1.33 bits per heavy atom. The van der Waals surface area contributed by atoms with E-state index >= 15 is 0 Å². The van der Waals surface area contributed by atoms with E-state index in [-0.39, 0.29) is 11.8 Å². The molecule has 0 radical (unpaired) electrons. The molecule has 2 heterocycles. The first kappa shape index (κ1) is 22.3. The summed E-state index contributed by atoms with van der Waals surface area (Å²) in [5, 5.41) is 6.74. The summed E-state index contributed by atoms with van der Waals surface area (Å²) in [5.41, 5.74) is 0.383. The fourth-order valence-corrected chi connectivity index (χ4v) is 4.68. The molecule has 2 aromatic rings. The van der Waals surface area contributed by atoms with Crippen LogP contribution >= 0.6 is 11.3 Å². The lowest BCUT2D eigenvalue weighted by Crippen LogP contribution is -2.24. The number of carbonyl (C=O) groups excluding carboxylic acids is 2. The van der Waals surface area contributed by atoms with Crippen molar-refractivity contribution in [3.05, 3.63) is 33.5 Å². The average molecular weight is 443 g/mol. The summed E-state index contributed by atoms with van der Waals surface area (Å²) >= 11 is 1.29. The Hall–Kier alpha value is -2.36. The Morgan fingerprint density at radius 3 is 2.70 bits per heavy atom. The first-order chi connectivity index (χ1) is 14.1. The van der Waals surface area contributed by atoms with Gasteiger partial charge in [0, 0.05) is 4.88 Å². The van der Waals surface area contributed by atoms with E-state index in [1.54, 1.807) is 6.92 Å². The fourth-order valence-electron chi connectivity index (χ4n) is 3.39. The Morgan fingerprint density at radius 2 is 2.03 bits per heavy atom. The molecule has 0 saturated carbocycles. The molecule has 1 amide bonds.